The minimum Gasteiger partial charge on any atom is -0.465 e. The highest BCUT2D eigenvalue weighted by molar-refractivity contribution is 6.76. The first-order chi connectivity index (χ1) is 15.7. The number of aromatic nitrogens is 2. The van der Waals surface area contributed by atoms with Crippen LogP contribution in [0.1, 0.15) is 29.9 Å². The molecule has 33 heavy (non-hydrogen) atoms. The SMILES string of the molecule is C[Si](C)(C)CCOCn1cc(CN(C(=O)O)C2CCN(Cc3ccccc3)CC2)nc1CO. The van der Waals surface area contributed by atoms with Gasteiger partial charge in [0.25, 0.3) is 0 Å². The van der Waals surface area contributed by atoms with Crippen LogP contribution in [-0.2, 0) is 31.2 Å². The number of hydrogen-bond donors (Lipinski definition) is 2. The van der Waals surface area contributed by atoms with Gasteiger partial charge in [0.05, 0.1) is 12.2 Å². The van der Waals surface area contributed by atoms with Crippen LogP contribution in [0.5, 0.6) is 0 Å². The number of amides is 1. The molecule has 0 unspecified atom stereocenters. The number of carboxylic acid groups (broad SMARTS) is 1. The molecule has 182 valence electrons. The van der Waals surface area contributed by atoms with Gasteiger partial charge in [-0.05, 0) is 24.4 Å². The van der Waals surface area contributed by atoms with Crippen LogP contribution in [-0.4, -0.2) is 69.5 Å². The van der Waals surface area contributed by atoms with Crippen LogP contribution in [0.2, 0.25) is 25.7 Å². The van der Waals surface area contributed by atoms with Gasteiger partial charge in [-0.25, -0.2) is 9.78 Å². The Kier molecular flexibility index (Phi) is 9.08. The van der Waals surface area contributed by atoms with Crippen molar-refractivity contribution in [3.8, 4) is 0 Å². The summed E-state index contributed by atoms with van der Waals surface area (Å²) >= 11 is 0. The summed E-state index contributed by atoms with van der Waals surface area (Å²) in [5, 5.41) is 19.6. The Bertz CT molecular complexity index is 876. The van der Waals surface area contributed by atoms with E-state index >= 15 is 0 Å². The minimum atomic E-state index is -1.17. The first-order valence-corrected chi connectivity index (χ1v) is 15.5. The maximum absolute atomic E-state index is 12.0. The van der Waals surface area contributed by atoms with E-state index in [-0.39, 0.29) is 19.2 Å². The molecule has 1 aliphatic heterocycles. The second-order valence-electron chi connectivity index (χ2n) is 10.0. The van der Waals surface area contributed by atoms with Gasteiger partial charge in [0.2, 0.25) is 0 Å². The van der Waals surface area contributed by atoms with Gasteiger partial charge in [-0.15, -0.1) is 0 Å². The normalized spacial score (nSPS) is 15.6. The summed E-state index contributed by atoms with van der Waals surface area (Å²) in [6.07, 6.45) is 2.47. The average molecular weight is 475 g/mol. The number of carbonyl (C=O) groups is 1. The van der Waals surface area contributed by atoms with E-state index in [1.54, 1.807) is 10.8 Å². The monoisotopic (exact) mass is 474 g/mol. The molecular formula is C24H38N4O4Si. The maximum Gasteiger partial charge on any atom is 0.407 e. The van der Waals surface area contributed by atoms with Crippen LogP contribution in [0.3, 0.4) is 0 Å². The van der Waals surface area contributed by atoms with E-state index < -0.39 is 14.2 Å². The first-order valence-electron chi connectivity index (χ1n) is 11.7. The molecule has 1 aromatic heterocycles. The third-order valence-corrected chi connectivity index (χ3v) is 7.81. The number of benzene rings is 1. The molecule has 8 nitrogen and oxygen atoms in total. The Labute approximate surface area is 197 Å². The van der Waals surface area contributed by atoms with Crippen LogP contribution in [0.15, 0.2) is 36.5 Å². The molecule has 2 heterocycles. The van der Waals surface area contributed by atoms with Crippen LogP contribution in [0.4, 0.5) is 4.79 Å². The zero-order chi connectivity index (χ0) is 23.8. The van der Waals surface area contributed by atoms with E-state index in [9.17, 15) is 15.0 Å². The number of aliphatic hydroxyl groups excluding tert-OH is 1. The summed E-state index contributed by atoms with van der Waals surface area (Å²) in [5.41, 5.74) is 1.92. The molecule has 0 radical (unpaired) electrons. The van der Waals surface area contributed by atoms with E-state index in [4.69, 9.17) is 4.74 Å². The number of ether oxygens (including phenoxy) is 1. The second-order valence-corrected chi connectivity index (χ2v) is 15.6. The van der Waals surface area contributed by atoms with Crippen molar-refractivity contribution < 1.29 is 19.7 Å². The summed E-state index contributed by atoms with van der Waals surface area (Å²) in [7, 11) is -1.17. The highest BCUT2D eigenvalue weighted by atomic mass is 28.3. The number of likely N-dealkylation sites (tertiary alicyclic amines) is 1. The van der Waals surface area contributed by atoms with Gasteiger partial charge >= 0.3 is 6.09 Å². The van der Waals surface area contributed by atoms with Crippen molar-refractivity contribution in [3.63, 3.8) is 0 Å². The number of imidazole rings is 1. The zero-order valence-corrected chi connectivity index (χ0v) is 21.1. The molecule has 0 saturated carbocycles. The molecule has 1 fully saturated rings. The quantitative estimate of drug-likeness (QED) is 0.380. The Hall–Kier alpha value is -2.20. The lowest BCUT2D eigenvalue weighted by molar-refractivity contribution is 0.0810. The fraction of sp³-hybridized carbons (Fsp3) is 0.583. The fourth-order valence-electron chi connectivity index (χ4n) is 4.13. The summed E-state index contributed by atoms with van der Waals surface area (Å²) in [6.45, 7) is 10.5. The number of aliphatic hydroxyl groups is 1. The lowest BCUT2D eigenvalue weighted by Crippen LogP contribution is -2.46. The third-order valence-electron chi connectivity index (χ3n) is 6.10. The van der Waals surface area contributed by atoms with Crippen molar-refractivity contribution >= 4 is 14.2 Å². The number of piperidine rings is 1. The smallest absolute Gasteiger partial charge is 0.407 e. The first kappa shape index (κ1) is 25.4. The standard InChI is InChI=1S/C24H38N4O4Si/c1-33(2,3)14-13-32-19-27-16-21(25-23(27)18-29)17-28(24(30)31)22-9-11-26(12-10-22)15-20-7-5-4-6-8-20/h4-8,16,22,29H,9-15,17-19H2,1-3H3,(H,30,31). The van der Waals surface area contributed by atoms with Crippen molar-refractivity contribution in [2.24, 2.45) is 0 Å². The average Bonchev–Trinajstić information content (AvgIpc) is 3.17. The van der Waals surface area contributed by atoms with Gasteiger partial charge in [0.15, 0.2) is 0 Å². The second kappa shape index (κ2) is 11.8. The third kappa shape index (κ3) is 7.96. The molecule has 0 aliphatic carbocycles. The van der Waals surface area contributed by atoms with E-state index in [2.05, 4.69) is 41.7 Å². The molecule has 1 saturated heterocycles. The molecule has 1 amide bonds. The lowest BCUT2D eigenvalue weighted by atomic mass is 10.0. The summed E-state index contributed by atoms with van der Waals surface area (Å²) in [6, 6.07) is 11.4. The lowest BCUT2D eigenvalue weighted by Gasteiger charge is -2.37. The van der Waals surface area contributed by atoms with Gasteiger partial charge < -0.3 is 19.5 Å². The molecule has 0 spiro atoms. The van der Waals surface area contributed by atoms with Gasteiger partial charge in [-0.2, -0.15) is 0 Å². The fourth-order valence-corrected chi connectivity index (χ4v) is 4.88. The number of hydrogen-bond acceptors (Lipinski definition) is 5. The van der Waals surface area contributed by atoms with Gasteiger partial charge in [0, 0.05) is 46.6 Å². The predicted octanol–water partition coefficient (Wildman–Crippen LogP) is 3.83. The number of rotatable bonds is 11. The van der Waals surface area contributed by atoms with Crippen LogP contribution in [0.25, 0.3) is 0 Å². The highest BCUT2D eigenvalue weighted by Crippen LogP contribution is 2.21. The van der Waals surface area contributed by atoms with Crippen molar-refractivity contribution in [2.75, 3.05) is 19.7 Å². The largest absolute Gasteiger partial charge is 0.465 e. The van der Waals surface area contributed by atoms with E-state index in [0.717, 1.165) is 38.5 Å². The molecule has 1 aromatic carbocycles. The Morgan fingerprint density at radius 1 is 1.21 bits per heavy atom. The van der Waals surface area contributed by atoms with E-state index in [0.29, 0.717) is 24.9 Å². The van der Waals surface area contributed by atoms with Crippen molar-refractivity contribution in [2.45, 2.75) is 71.0 Å². The zero-order valence-electron chi connectivity index (χ0n) is 20.1. The van der Waals surface area contributed by atoms with Crippen molar-refractivity contribution in [1.29, 1.82) is 0 Å². The van der Waals surface area contributed by atoms with Crippen molar-refractivity contribution in [1.82, 2.24) is 19.4 Å². The summed E-state index contributed by atoms with van der Waals surface area (Å²) in [5.74, 6) is 0.501. The topological polar surface area (TPSA) is 91.1 Å². The van der Waals surface area contributed by atoms with E-state index in [1.165, 1.54) is 10.5 Å². The molecule has 3 rings (SSSR count). The van der Waals surface area contributed by atoms with E-state index in [1.807, 2.05) is 18.2 Å². The molecule has 1 aliphatic rings. The molecule has 9 heteroatoms. The Morgan fingerprint density at radius 2 is 1.91 bits per heavy atom. The number of nitrogens with zero attached hydrogens (tertiary/aromatic N) is 4. The van der Waals surface area contributed by atoms with Crippen LogP contribution >= 0.6 is 0 Å². The predicted molar refractivity (Wildman–Crippen MR) is 131 cm³/mol. The van der Waals surface area contributed by atoms with Gasteiger partial charge in [0.1, 0.15) is 19.2 Å². The van der Waals surface area contributed by atoms with Gasteiger partial charge in [-0.1, -0.05) is 50.0 Å². The molecule has 2 aromatic rings. The Balaban J connectivity index is 1.55. The Morgan fingerprint density at radius 3 is 2.52 bits per heavy atom. The van der Waals surface area contributed by atoms with Crippen LogP contribution in [0, 0.1) is 0 Å². The molecule has 0 bridgehead atoms. The minimum absolute atomic E-state index is 0.0368. The summed E-state index contributed by atoms with van der Waals surface area (Å²) < 4.78 is 7.57. The molecule has 2 N–H and O–H groups in total. The van der Waals surface area contributed by atoms with Crippen LogP contribution < -0.4 is 0 Å². The molecular weight excluding hydrogens is 436 g/mol. The summed E-state index contributed by atoms with van der Waals surface area (Å²) in [4.78, 5) is 20.4. The maximum atomic E-state index is 12.0. The van der Waals surface area contributed by atoms with Crippen molar-refractivity contribution in [3.05, 3.63) is 53.6 Å². The highest BCUT2D eigenvalue weighted by Gasteiger charge is 2.28. The molecule has 0 atom stereocenters. The van der Waals surface area contributed by atoms with Gasteiger partial charge in [-0.3, -0.25) is 9.80 Å².